The molecule has 0 unspecified atom stereocenters. The molecule has 0 aromatic carbocycles. The molecule has 1 aliphatic heterocycles. The predicted molar refractivity (Wildman–Crippen MR) is 58.4 cm³/mol. The molecular weight excluding hydrogens is 204 g/mol. The van der Waals surface area contributed by atoms with Gasteiger partial charge < -0.3 is 4.74 Å². The highest BCUT2D eigenvalue weighted by Crippen LogP contribution is 2.41. The molecule has 0 aliphatic carbocycles. The van der Waals surface area contributed by atoms with E-state index in [4.69, 9.17) is 4.74 Å². The van der Waals surface area contributed by atoms with Crippen LogP contribution in [-0.2, 0) is 9.53 Å². The summed E-state index contributed by atoms with van der Waals surface area (Å²) in [5.41, 5.74) is 0. The standard InChI is InChI=1S/C9H15O2S2/c1-2-3-6-11-9(10)8-5-4-7-12-13-8/h2-7H2,1H3. The van der Waals surface area contributed by atoms with Crippen LogP contribution in [-0.4, -0.2) is 18.3 Å². The molecule has 2 nitrogen and oxygen atoms in total. The van der Waals surface area contributed by atoms with Crippen LogP contribution < -0.4 is 0 Å². The van der Waals surface area contributed by atoms with Gasteiger partial charge in [-0.3, -0.25) is 4.79 Å². The molecule has 0 saturated carbocycles. The second kappa shape index (κ2) is 6.60. The molecule has 0 amide bonds. The molecule has 0 bridgehead atoms. The smallest absolute Gasteiger partial charge is 0.325 e. The van der Waals surface area contributed by atoms with Crippen molar-refractivity contribution in [3.05, 3.63) is 5.25 Å². The van der Waals surface area contributed by atoms with Crippen molar-refractivity contribution in [1.82, 2.24) is 0 Å². The number of unbranched alkanes of at least 4 members (excludes halogenated alkanes) is 1. The highest BCUT2D eigenvalue weighted by molar-refractivity contribution is 8.78. The third-order valence-electron chi connectivity index (χ3n) is 1.75. The Labute approximate surface area is 87.6 Å². The van der Waals surface area contributed by atoms with E-state index in [-0.39, 0.29) is 5.97 Å². The number of hydrogen-bond donors (Lipinski definition) is 0. The fourth-order valence-electron chi connectivity index (χ4n) is 0.972. The maximum absolute atomic E-state index is 11.4. The molecule has 0 aromatic heterocycles. The van der Waals surface area contributed by atoms with Crippen molar-refractivity contribution in [2.75, 3.05) is 12.4 Å². The number of hydrogen-bond acceptors (Lipinski definition) is 4. The SMILES string of the molecule is CCCCOC(=O)[C]1CCCSS1. The van der Waals surface area contributed by atoms with Crippen molar-refractivity contribution in [1.29, 1.82) is 0 Å². The van der Waals surface area contributed by atoms with E-state index in [0.717, 1.165) is 36.7 Å². The van der Waals surface area contributed by atoms with Gasteiger partial charge in [-0.15, -0.1) is 0 Å². The second-order valence-corrected chi connectivity index (χ2v) is 5.43. The lowest BCUT2D eigenvalue weighted by atomic mass is 10.2. The van der Waals surface area contributed by atoms with Gasteiger partial charge in [0.15, 0.2) is 0 Å². The average molecular weight is 219 g/mol. The Morgan fingerprint density at radius 2 is 2.46 bits per heavy atom. The van der Waals surface area contributed by atoms with Crippen LogP contribution in [0, 0.1) is 5.25 Å². The van der Waals surface area contributed by atoms with Gasteiger partial charge in [-0.1, -0.05) is 34.9 Å². The number of esters is 1. The van der Waals surface area contributed by atoms with Gasteiger partial charge in [0, 0.05) is 5.75 Å². The first-order valence-corrected chi connectivity index (χ1v) is 6.99. The van der Waals surface area contributed by atoms with E-state index in [1.54, 1.807) is 21.6 Å². The minimum absolute atomic E-state index is 0.0920. The quantitative estimate of drug-likeness (QED) is 0.412. The van der Waals surface area contributed by atoms with Crippen LogP contribution in [0.3, 0.4) is 0 Å². The predicted octanol–water partition coefficient (Wildman–Crippen LogP) is 3.04. The van der Waals surface area contributed by atoms with Crippen molar-refractivity contribution in [3.8, 4) is 0 Å². The van der Waals surface area contributed by atoms with E-state index < -0.39 is 0 Å². The Hall–Kier alpha value is 0.170. The summed E-state index contributed by atoms with van der Waals surface area (Å²) in [5.74, 6) is 1.06. The maximum atomic E-state index is 11.4. The molecular formula is C9H15O2S2. The Morgan fingerprint density at radius 1 is 1.62 bits per heavy atom. The Bertz CT molecular complexity index is 156. The van der Waals surface area contributed by atoms with Gasteiger partial charge in [0.2, 0.25) is 0 Å². The minimum atomic E-state index is -0.0920. The van der Waals surface area contributed by atoms with Crippen LogP contribution in [0.15, 0.2) is 0 Å². The van der Waals surface area contributed by atoms with Gasteiger partial charge in [0.1, 0.15) is 5.25 Å². The zero-order valence-electron chi connectivity index (χ0n) is 7.88. The van der Waals surface area contributed by atoms with Crippen LogP contribution in [0.4, 0.5) is 0 Å². The Kier molecular flexibility index (Phi) is 5.71. The summed E-state index contributed by atoms with van der Waals surface area (Å²) in [6.45, 7) is 2.66. The number of carbonyl (C=O) groups is 1. The van der Waals surface area contributed by atoms with Crippen molar-refractivity contribution < 1.29 is 9.53 Å². The molecule has 1 fully saturated rings. The fourth-order valence-corrected chi connectivity index (χ4v) is 3.30. The van der Waals surface area contributed by atoms with E-state index >= 15 is 0 Å². The van der Waals surface area contributed by atoms with Gasteiger partial charge in [0.05, 0.1) is 6.61 Å². The summed E-state index contributed by atoms with van der Waals surface area (Å²) in [6, 6.07) is 0. The van der Waals surface area contributed by atoms with Crippen molar-refractivity contribution >= 4 is 27.6 Å². The molecule has 1 heterocycles. The molecule has 13 heavy (non-hydrogen) atoms. The largest absolute Gasteiger partial charge is 0.465 e. The molecule has 0 aromatic rings. The van der Waals surface area contributed by atoms with Gasteiger partial charge in [0.25, 0.3) is 0 Å². The highest BCUT2D eigenvalue weighted by atomic mass is 33.1. The third-order valence-corrected chi connectivity index (χ3v) is 4.35. The zero-order valence-corrected chi connectivity index (χ0v) is 9.51. The van der Waals surface area contributed by atoms with Gasteiger partial charge in [-0.25, -0.2) is 0 Å². The summed E-state index contributed by atoms with van der Waals surface area (Å²) < 4.78 is 5.11. The molecule has 0 atom stereocenters. The van der Waals surface area contributed by atoms with Gasteiger partial charge >= 0.3 is 5.97 Å². The molecule has 0 N–H and O–H groups in total. The summed E-state index contributed by atoms with van der Waals surface area (Å²) >= 11 is 0. The van der Waals surface area contributed by atoms with E-state index in [9.17, 15) is 4.79 Å². The molecule has 1 radical (unpaired) electrons. The Balaban J connectivity index is 2.13. The van der Waals surface area contributed by atoms with Crippen molar-refractivity contribution in [2.45, 2.75) is 32.6 Å². The molecule has 1 saturated heterocycles. The van der Waals surface area contributed by atoms with Crippen LogP contribution in [0.25, 0.3) is 0 Å². The third kappa shape index (κ3) is 4.27. The van der Waals surface area contributed by atoms with Crippen LogP contribution >= 0.6 is 21.6 Å². The fraction of sp³-hybridized carbons (Fsp3) is 0.778. The molecule has 1 aliphatic rings. The normalized spacial score (nSPS) is 18.5. The molecule has 1 rings (SSSR count). The molecule has 75 valence electrons. The van der Waals surface area contributed by atoms with E-state index in [2.05, 4.69) is 6.92 Å². The van der Waals surface area contributed by atoms with E-state index in [1.807, 2.05) is 0 Å². The van der Waals surface area contributed by atoms with E-state index in [0.29, 0.717) is 6.61 Å². The van der Waals surface area contributed by atoms with Crippen LogP contribution in [0.2, 0.25) is 0 Å². The summed E-state index contributed by atoms with van der Waals surface area (Å²) in [4.78, 5) is 11.4. The monoisotopic (exact) mass is 219 g/mol. The average Bonchev–Trinajstić information content (AvgIpc) is 2.19. The van der Waals surface area contributed by atoms with Crippen LogP contribution in [0.5, 0.6) is 0 Å². The molecule has 4 heteroatoms. The van der Waals surface area contributed by atoms with Crippen molar-refractivity contribution in [3.63, 3.8) is 0 Å². The lowest BCUT2D eigenvalue weighted by Crippen LogP contribution is -2.15. The highest BCUT2D eigenvalue weighted by Gasteiger charge is 2.24. The lowest BCUT2D eigenvalue weighted by molar-refractivity contribution is -0.140. The number of ether oxygens (including phenoxy) is 1. The van der Waals surface area contributed by atoms with Gasteiger partial charge in [-0.2, -0.15) is 0 Å². The first-order chi connectivity index (χ1) is 6.34. The summed E-state index contributed by atoms with van der Waals surface area (Å²) in [6.07, 6.45) is 4.06. The maximum Gasteiger partial charge on any atom is 0.325 e. The molecule has 0 spiro atoms. The second-order valence-electron chi connectivity index (χ2n) is 2.92. The Morgan fingerprint density at radius 3 is 3.08 bits per heavy atom. The van der Waals surface area contributed by atoms with Crippen LogP contribution in [0.1, 0.15) is 32.6 Å². The topological polar surface area (TPSA) is 26.3 Å². The first-order valence-electron chi connectivity index (χ1n) is 4.67. The van der Waals surface area contributed by atoms with Crippen molar-refractivity contribution in [2.24, 2.45) is 0 Å². The van der Waals surface area contributed by atoms with E-state index in [1.165, 1.54) is 0 Å². The van der Waals surface area contributed by atoms with Gasteiger partial charge in [-0.05, 0) is 19.3 Å². The first kappa shape index (κ1) is 11.2. The summed E-state index contributed by atoms with van der Waals surface area (Å²) in [7, 11) is 3.34. The summed E-state index contributed by atoms with van der Waals surface area (Å²) in [5, 5.41) is 0.896. The minimum Gasteiger partial charge on any atom is -0.465 e. The lowest BCUT2D eigenvalue weighted by Gasteiger charge is -2.17. The zero-order chi connectivity index (χ0) is 9.52. The number of carbonyl (C=O) groups excluding carboxylic acids is 1. The number of rotatable bonds is 4.